The van der Waals surface area contributed by atoms with Crippen molar-refractivity contribution in [2.45, 2.75) is 27.2 Å². The maximum absolute atomic E-state index is 12.6. The first kappa shape index (κ1) is 16.0. The van der Waals surface area contributed by atoms with Crippen molar-refractivity contribution in [3.63, 3.8) is 0 Å². The van der Waals surface area contributed by atoms with Crippen LogP contribution in [0.2, 0.25) is 0 Å². The predicted molar refractivity (Wildman–Crippen MR) is 91.5 cm³/mol. The molecule has 0 aliphatic rings. The van der Waals surface area contributed by atoms with E-state index in [1.807, 2.05) is 26.8 Å². The van der Waals surface area contributed by atoms with Gasteiger partial charge in [-0.3, -0.25) is 14.9 Å². The van der Waals surface area contributed by atoms with E-state index in [1.54, 1.807) is 17.3 Å². The Morgan fingerprint density at radius 2 is 2.08 bits per heavy atom. The highest BCUT2D eigenvalue weighted by atomic mass is 16.2. The van der Waals surface area contributed by atoms with Gasteiger partial charge in [-0.2, -0.15) is 5.10 Å². The summed E-state index contributed by atoms with van der Waals surface area (Å²) >= 11 is 0. The molecule has 0 saturated carbocycles. The Labute approximate surface area is 140 Å². The van der Waals surface area contributed by atoms with E-state index >= 15 is 0 Å². The Hall–Kier alpha value is -2.83. The molecule has 3 aromatic rings. The van der Waals surface area contributed by atoms with E-state index in [0.29, 0.717) is 30.1 Å². The molecule has 0 saturated heterocycles. The minimum absolute atomic E-state index is 0.0952. The van der Waals surface area contributed by atoms with Crippen LogP contribution in [0.1, 0.15) is 36.5 Å². The molecule has 0 aliphatic heterocycles. The van der Waals surface area contributed by atoms with Crippen LogP contribution in [0, 0.1) is 6.92 Å². The van der Waals surface area contributed by atoms with Crippen LogP contribution in [-0.4, -0.2) is 49.0 Å². The number of nitrogens with zero attached hydrogens (tertiary/aromatic N) is 5. The normalized spacial score (nSPS) is 11.0. The lowest BCUT2D eigenvalue weighted by Crippen LogP contribution is -2.32. The lowest BCUT2D eigenvalue weighted by atomic mass is 10.1. The minimum atomic E-state index is -0.0952. The zero-order chi connectivity index (χ0) is 17.1. The van der Waals surface area contributed by atoms with Crippen molar-refractivity contribution in [1.82, 2.24) is 30.0 Å². The highest BCUT2D eigenvalue weighted by Gasteiger charge is 2.16. The fraction of sp³-hybridized carbons (Fsp3) is 0.353. The second-order valence-electron chi connectivity index (χ2n) is 5.62. The summed E-state index contributed by atoms with van der Waals surface area (Å²) in [6, 6.07) is 1.96. The molecule has 24 heavy (non-hydrogen) atoms. The molecule has 1 amide bonds. The van der Waals surface area contributed by atoms with E-state index in [0.717, 1.165) is 23.1 Å². The summed E-state index contributed by atoms with van der Waals surface area (Å²) in [5, 5.41) is 7.97. The topological polar surface area (TPSA) is 87.7 Å². The fourth-order valence-corrected chi connectivity index (χ4v) is 2.60. The lowest BCUT2D eigenvalue weighted by molar-refractivity contribution is 0.0758. The van der Waals surface area contributed by atoms with Crippen LogP contribution in [-0.2, 0) is 0 Å². The first-order chi connectivity index (χ1) is 11.6. The number of fused-ring (bicyclic) bond motifs is 1. The third-order valence-corrected chi connectivity index (χ3v) is 3.91. The molecule has 7 nitrogen and oxygen atoms in total. The second-order valence-corrected chi connectivity index (χ2v) is 5.62. The largest absolute Gasteiger partial charge is 0.338 e. The Morgan fingerprint density at radius 1 is 1.25 bits per heavy atom. The SMILES string of the molecule is CCCN(CC)C(=O)c1cncc(-c2cnc3n[nH]c(C)c3c2)n1. The van der Waals surface area contributed by atoms with E-state index in [4.69, 9.17) is 0 Å². The molecule has 0 spiro atoms. The molecule has 0 bridgehead atoms. The average molecular weight is 324 g/mol. The van der Waals surface area contributed by atoms with Gasteiger partial charge >= 0.3 is 0 Å². The molecule has 0 aromatic carbocycles. The van der Waals surface area contributed by atoms with Gasteiger partial charge in [0.05, 0.1) is 18.1 Å². The third kappa shape index (κ3) is 2.97. The highest BCUT2D eigenvalue weighted by Crippen LogP contribution is 2.21. The van der Waals surface area contributed by atoms with Gasteiger partial charge in [0.1, 0.15) is 5.69 Å². The number of aryl methyl sites for hydroxylation is 1. The lowest BCUT2D eigenvalue weighted by Gasteiger charge is -2.19. The second kappa shape index (κ2) is 6.74. The molecule has 0 aliphatic carbocycles. The van der Waals surface area contributed by atoms with Crippen LogP contribution in [0.15, 0.2) is 24.7 Å². The number of amides is 1. The Bertz CT molecular complexity index is 872. The summed E-state index contributed by atoms with van der Waals surface area (Å²) in [6.45, 7) is 7.32. The third-order valence-electron chi connectivity index (χ3n) is 3.91. The molecule has 1 N–H and O–H groups in total. The van der Waals surface area contributed by atoms with E-state index in [-0.39, 0.29) is 5.91 Å². The maximum atomic E-state index is 12.6. The smallest absolute Gasteiger partial charge is 0.274 e. The first-order valence-corrected chi connectivity index (χ1v) is 8.06. The Balaban J connectivity index is 1.97. The average Bonchev–Trinajstić information content (AvgIpc) is 3.00. The summed E-state index contributed by atoms with van der Waals surface area (Å²) < 4.78 is 0. The molecule has 3 heterocycles. The molecular formula is C17H20N6O. The van der Waals surface area contributed by atoms with Gasteiger partial charge < -0.3 is 4.90 Å². The molecule has 124 valence electrons. The van der Waals surface area contributed by atoms with Gasteiger partial charge in [-0.15, -0.1) is 0 Å². The van der Waals surface area contributed by atoms with Crippen molar-refractivity contribution in [2.24, 2.45) is 0 Å². The molecule has 0 fully saturated rings. The number of hydrogen-bond donors (Lipinski definition) is 1. The molecule has 0 radical (unpaired) electrons. The van der Waals surface area contributed by atoms with Gasteiger partial charge in [0.15, 0.2) is 5.65 Å². The zero-order valence-corrected chi connectivity index (χ0v) is 14.1. The van der Waals surface area contributed by atoms with Gasteiger partial charge in [-0.1, -0.05) is 6.92 Å². The number of nitrogens with one attached hydrogen (secondary N) is 1. The molecule has 3 aromatic heterocycles. The number of aromatic amines is 1. The number of carbonyl (C=O) groups is 1. The van der Waals surface area contributed by atoms with Crippen molar-refractivity contribution in [3.05, 3.63) is 36.0 Å². The molecule has 0 unspecified atom stereocenters. The maximum Gasteiger partial charge on any atom is 0.274 e. The van der Waals surface area contributed by atoms with E-state index in [2.05, 4.69) is 25.1 Å². The van der Waals surface area contributed by atoms with Crippen molar-refractivity contribution in [1.29, 1.82) is 0 Å². The van der Waals surface area contributed by atoms with Crippen LogP contribution in [0.5, 0.6) is 0 Å². The number of pyridine rings is 1. The molecule has 0 atom stereocenters. The molecule has 3 rings (SSSR count). The monoisotopic (exact) mass is 324 g/mol. The number of rotatable bonds is 5. The van der Waals surface area contributed by atoms with Gasteiger partial charge in [0, 0.05) is 35.9 Å². The summed E-state index contributed by atoms with van der Waals surface area (Å²) in [6.07, 6.45) is 5.77. The van der Waals surface area contributed by atoms with Crippen LogP contribution in [0.3, 0.4) is 0 Å². The van der Waals surface area contributed by atoms with E-state index < -0.39 is 0 Å². The number of aromatic nitrogens is 5. The van der Waals surface area contributed by atoms with Crippen molar-refractivity contribution < 1.29 is 4.79 Å². The van der Waals surface area contributed by atoms with Crippen LogP contribution < -0.4 is 0 Å². The molecular weight excluding hydrogens is 304 g/mol. The quantitative estimate of drug-likeness (QED) is 0.779. The number of hydrogen-bond acceptors (Lipinski definition) is 5. The van der Waals surface area contributed by atoms with Crippen LogP contribution >= 0.6 is 0 Å². The van der Waals surface area contributed by atoms with E-state index in [9.17, 15) is 4.79 Å². The van der Waals surface area contributed by atoms with Crippen molar-refractivity contribution in [3.8, 4) is 11.3 Å². The zero-order valence-electron chi connectivity index (χ0n) is 14.1. The standard InChI is InChI=1S/C17H20N6O/c1-4-6-23(5-2)17(24)15-10-18-9-14(20-15)12-7-13-11(3)21-22-16(13)19-8-12/h7-10H,4-6H2,1-3H3,(H,19,21,22). The van der Waals surface area contributed by atoms with Gasteiger partial charge in [0.25, 0.3) is 5.91 Å². The number of H-pyrrole nitrogens is 1. The molecule has 7 heteroatoms. The highest BCUT2D eigenvalue weighted by molar-refractivity contribution is 5.92. The first-order valence-electron chi connectivity index (χ1n) is 8.06. The summed E-state index contributed by atoms with van der Waals surface area (Å²) in [7, 11) is 0. The van der Waals surface area contributed by atoms with Crippen molar-refractivity contribution >= 4 is 16.9 Å². The van der Waals surface area contributed by atoms with Crippen LogP contribution in [0.25, 0.3) is 22.3 Å². The van der Waals surface area contributed by atoms with E-state index in [1.165, 1.54) is 6.20 Å². The van der Waals surface area contributed by atoms with Gasteiger partial charge in [-0.05, 0) is 26.3 Å². The van der Waals surface area contributed by atoms with Crippen molar-refractivity contribution in [2.75, 3.05) is 13.1 Å². The fourth-order valence-electron chi connectivity index (χ4n) is 2.60. The van der Waals surface area contributed by atoms with Gasteiger partial charge in [-0.25, -0.2) is 9.97 Å². The summed E-state index contributed by atoms with van der Waals surface area (Å²) in [4.78, 5) is 27.3. The minimum Gasteiger partial charge on any atom is -0.338 e. The summed E-state index contributed by atoms with van der Waals surface area (Å²) in [5.41, 5.74) is 3.40. The number of carbonyl (C=O) groups excluding carboxylic acids is 1. The van der Waals surface area contributed by atoms with Crippen LogP contribution in [0.4, 0.5) is 0 Å². The Morgan fingerprint density at radius 3 is 2.83 bits per heavy atom. The summed E-state index contributed by atoms with van der Waals surface area (Å²) in [5.74, 6) is -0.0952. The Kier molecular flexibility index (Phi) is 4.50. The predicted octanol–water partition coefficient (Wildman–Crippen LogP) is 2.60. The van der Waals surface area contributed by atoms with Gasteiger partial charge in [0.2, 0.25) is 0 Å².